The van der Waals surface area contributed by atoms with Crippen LogP contribution in [0, 0.1) is 5.92 Å². The van der Waals surface area contributed by atoms with Crippen molar-refractivity contribution in [2.75, 3.05) is 0 Å². The largest absolute Gasteiger partial charge is 0.413 e. The van der Waals surface area contributed by atoms with Crippen LogP contribution < -0.4 is 0 Å². The van der Waals surface area contributed by atoms with E-state index in [1.165, 1.54) is 0 Å². The van der Waals surface area contributed by atoms with Crippen molar-refractivity contribution in [3.63, 3.8) is 0 Å². The van der Waals surface area contributed by atoms with Crippen molar-refractivity contribution in [2.45, 2.75) is 58.4 Å². The number of halogens is 1. The van der Waals surface area contributed by atoms with E-state index in [0.29, 0.717) is 6.42 Å². The van der Waals surface area contributed by atoms with Crippen molar-refractivity contribution in [1.29, 1.82) is 0 Å². The van der Waals surface area contributed by atoms with E-state index in [0.717, 1.165) is 6.29 Å². The highest BCUT2D eigenvalue weighted by Gasteiger charge is 2.39. The van der Waals surface area contributed by atoms with Crippen molar-refractivity contribution in [3.8, 4) is 0 Å². The highest BCUT2D eigenvalue weighted by atomic mass is 127. The molecule has 0 aromatic heterocycles. The lowest BCUT2D eigenvalue weighted by atomic mass is 10.0. The molecule has 2 nitrogen and oxygen atoms in total. The van der Waals surface area contributed by atoms with Gasteiger partial charge in [0.25, 0.3) is 0 Å². The fourth-order valence-corrected chi connectivity index (χ4v) is 3.34. The standard InChI is InChI=1S/C13H25IO2Si/c1-11(7-9-14)12(8-10-15)16-17(5,6)13(2,3)4/h7,9-12H,8H2,1-6H3/b9-7-/t11-,12-/m0/s1. The van der Waals surface area contributed by atoms with Crippen LogP contribution in [0.5, 0.6) is 0 Å². The Labute approximate surface area is 120 Å². The van der Waals surface area contributed by atoms with Gasteiger partial charge in [-0.1, -0.05) is 56.4 Å². The molecule has 0 aromatic rings. The molecule has 0 N–H and O–H groups in total. The van der Waals surface area contributed by atoms with Crippen molar-refractivity contribution in [2.24, 2.45) is 5.92 Å². The van der Waals surface area contributed by atoms with E-state index in [9.17, 15) is 4.79 Å². The molecule has 0 rings (SSSR count). The van der Waals surface area contributed by atoms with Crippen LogP contribution >= 0.6 is 22.6 Å². The van der Waals surface area contributed by atoms with Gasteiger partial charge in [0, 0.05) is 12.3 Å². The Morgan fingerprint density at radius 2 is 1.88 bits per heavy atom. The first kappa shape index (κ1) is 17.3. The van der Waals surface area contributed by atoms with E-state index < -0.39 is 8.32 Å². The number of hydrogen-bond acceptors (Lipinski definition) is 2. The summed E-state index contributed by atoms with van der Waals surface area (Å²) in [4.78, 5) is 10.8. The molecule has 0 radical (unpaired) electrons. The predicted molar refractivity (Wildman–Crippen MR) is 85.1 cm³/mol. The average molecular weight is 368 g/mol. The Morgan fingerprint density at radius 1 is 1.35 bits per heavy atom. The fourth-order valence-electron chi connectivity index (χ4n) is 1.26. The van der Waals surface area contributed by atoms with E-state index in [4.69, 9.17) is 4.43 Å². The monoisotopic (exact) mass is 368 g/mol. The number of carbonyl (C=O) groups excluding carboxylic acids is 1. The van der Waals surface area contributed by atoms with Gasteiger partial charge >= 0.3 is 0 Å². The molecule has 0 aromatic carbocycles. The van der Waals surface area contributed by atoms with Gasteiger partial charge in [0.05, 0.1) is 6.10 Å². The van der Waals surface area contributed by atoms with Gasteiger partial charge in [-0.2, -0.15) is 0 Å². The Kier molecular flexibility index (Phi) is 7.17. The first-order chi connectivity index (χ1) is 7.65. The predicted octanol–water partition coefficient (Wildman–Crippen LogP) is 4.55. The minimum atomic E-state index is -1.79. The van der Waals surface area contributed by atoms with Gasteiger partial charge in [0.15, 0.2) is 8.32 Å². The number of hydrogen-bond donors (Lipinski definition) is 0. The van der Waals surface area contributed by atoms with Crippen molar-refractivity contribution in [3.05, 3.63) is 10.2 Å². The second kappa shape index (κ2) is 7.04. The van der Waals surface area contributed by atoms with E-state index >= 15 is 0 Å². The Morgan fingerprint density at radius 3 is 2.24 bits per heavy atom. The summed E-state index contributed by atoms with van der Waals surface area (Å²) in [7, 11) is -1.79. The van der Waals surface area contributed by atoms with Gasteiger partial charge in [0.2, 0.25) is 0 Å². The SMILES string of the molecule is C[C@@H](/C=C\I)[C@H](CC=O)O[Si](C)(C)C(C)(C)C. The lowest BCUT2D eigenvalue weighted by Crippen LogP contribution is -2.45. The van der Waals surface area contributed by atoms with Crippen LogP contribution in [0.3, 0.4) is 0 Å². The quantitative estimate of drug-likeness (QED) is 0.391. The lowest BCUT2D eigenvalue weighted by Gasteiger charge is -2.40. The Bertz CT molecular complexity index is 269. The smallest absolute Gasteiger partial charge is 0.192 e. The van der Waals surface area contributed by atoms with E-state index in [2.05, 4.69) is 69.5 Å². The third-order valence-electron chi connectivity index (χ3n) is 3.54. The Hall–Kier alpha value is 0.317. The van der Waals surface area contributed by atoms with Crippen molar-refractivity contribution < 1.29 is 9.22 Å². The third kappa shape index (κ3) is 5.66. The number of aldehydes is 1. The molecule has 0 heterocycles. The van der Waals surface area contributed by atoms with Gasteiger partial charge in [-0.3, -0.25) is 0 Å². The van der Waals surface area contributed by atoms with Crippen LogP contribution in [-0.2, 0) is 9.22 Å². The van der Waals surface area contributed by atoms with E-state index in [1.807, 2.05) is 4.08 Å². The van der Waals surface area contributed by atoms with E-state index in [-0.39, 0.29) is 17.1 Å². The topological polar surface area (TPSA) is 26.3 Å². The van der Waals surface area contributed by atoms with Crippen molar-refractivity contribution >= 4 is 37.2 Å². The summed E-state index contributed by atoms with van der Waals surface area (Å²) in [5.74, 6) is 0.284. The molecule has 17 heavy (non-hydrogen) atoms. The molecule has 4 heteroatoms. The molecule has 0 bridgehead atoms. The summed E-state index contributed by atoms with van der Waals surface area (Å²) in [6, 6.07) is 0. The van der Waals surface area contributed by atoms with E-state index in [1.54, 1.807) is 0 Å². The summed E-state index contributed by atoms with van der Waals surface area (Å²) in [6.45, 7) is 13.2. The van der Waals surface area contributed by atoms with Crippen LogP contribution in [-0.4, -0.2) is 20.7 Å². The molecule has 2 atom stereocenters. The van der Waals surface area contributed by atoms with Gasteiger partial charge < -0.3 is 9.22 Å². The van der Waals surface area contributed by atoms with Crippen LogP contribution in [0.2, 0.25) is 18.1 Å². The third-order valence-corrected chi connectivity index (χ3v) is 8.46. The summed E-state index contributed by atoms with van der Waals surface area (Å²) in [5, 5.41) is 0.182. The molecule has 0 amide bonds. The van der Waals surface area contributed by atoms with Crippen LogP contribution in [0.25, 0.3) is 0 Å². The summed E-state index contributed by atoms with van der Waals surface area (Å²) < 4.78 is 8.31. The maximum atomic E-state index is 10.8. The maximum absolute atomic E-state index is 10.8. The fraction of sp³-hybridized carbons (Fsp3) is 0.769. The molecule has 0 fully saturated rings. The molecule has 0 aliphatic rings. The van der Waals surface area contributed by atoms with Crippen molar-refractivity contribution in [1.82, 2.24) is 0 Å². The van der Waals surface area contributed by atoms with Crippen LogP contribution in [0.4, 0.5) is 0 Å². The maximum Gasteiger partial charge on any atom is 0.192 e. The first-order valence-corrected chi connectivity index (χ1v) is 10.2. The minimum absolute atomic E-state index is 0.0133. The summed E-state index contributed by atoms with van der Waals surface area (Å²) in [6.07, 6.45) is 3.56. The summed E-state index contributed by atoms with van der Waals surface area (Å²) in [5.41, 5.74) is 0. The molecule has 0 saturated heterocycles. The summed E-state index contributed by atoms with van der Waals surface area (Å²) >= 11 is 2.20. The number of carbonyl (C=O) groups is 1. The first-order valence-electron chi connectivity index (χ1n) is 6.04. The minimum Gasteiger partial charge on any atom is -0.413 e. The zero-order valence-corrected chi connectivity index (χ0v) is 14.9. The zero-order valence-electron chi connectivity index (χ0n) is 11.8. The zero-order chi connectivity index (χ0) is 13.7. The molecule has 0 aliphatic heterocycles. The molecule has 100 valence electrons. The second-order valence-corrected chi connectivity index (χ2v) is 11.5. The lowest BCUT2D eigenvalue weighted by molar-refractivity contribution is -0.109. The second-order valence-electron chi connectivity index (χ2n) is 6.00. The molecule has 0 unspecified atom stereocenters. The number of rotatable bonds is 6. The highest BCUT2D eigenvalue weighted by molar-refractivity contribution is 14.1. The average Bonchev–Trinajstić information content (AvgIpc) is 2.15. The van der Waals surface area contributed by atoms with Gasteiger partial charge in [0.1, 0.15) is 6.29 Å². The molecule has 0 saturated carbocycles. The van der Waals surface area contributed by atoms with Crippen LogP contribution in [0.15, 0.2) is 10.2 Å². The van der Waals surface area contributed by atoms with Gasteiger partial charge in [-0.15, -0.1) is 0 Å². The normalized spacial score (nSPS) is 17.1. The molecule has 0 aliphatic carbocycles. The van der Waals surface area contributed by atoms with Crippen LogP contribution in [0.1, 0.15) is 34.1 Å². The molecular formula is C13H25IO2Si. The molecule has 0 spiro atoms. The van der Waals surface area contributed by atoms with Gasteiger partial charge in [-0.25, -0.2) is 0 Å². The van der Waals surface area contributed by atoms with Gasteiger partial charge in [-0.05, 0) is 22.2 Å². The molecular weight excluding hydrogens is 343 g/mol. The highest BCUT2D eigenvalue weighted by Crippen LogP contribution is 2.38. The Balaban J connectivity index is 4.81.